The lowest BCUT2D eigenvalue weighted by atomic mass is 9.97. The minimum atomic E-state index is -1.19. The van der Waals surface area contributed by atoms with Crippen LogP contribution in [0.2, 0.25) is 10.0 Å². The van der Waals surface area contributed by atoms with Crippen LogP contribution in [0.3, 0.4) is 0 Å². The normalized spacial score (nSPS) is 14.5. The van der Waals surface area contributed by atoms with Gasteiger partial charge in [-0.15, -0.1) is 0 Å². The fourth-order valence-electron chi connectivity index (χ4n) is 2.96. The molecule has 0 saturated carbocycles. The summed E-state index contributed by atoms with van der Waals surface area (Å²) in [6.07, 6.45) is 0. The molecule has 1 aliphatic rings. The highest BCUT2D eigenvalue weighted by molar-refractivity contribution is 6.36. The maximum atomic E-state index is 9.50. The Kier molecular flexibility index (Phi) is 4.08. The van der Waals surface area contributed by atoms with Crippen LogP contribution in [0.5, 0.6) is 11.5 Å². The number of hydrogen-bond acceptors (Lipinski definition) is 3. The van der Waals surface area contributed by atoms with Gasteiger partial charge in [0, 0.05) is 16.7 Å². The van der Waals surface area contributed by atoms with Crippen LogP contribution in [0.15, 0.2) is 66.7 Å². The fraction of sp³-hybridized carbons (Fsp3) is 0.100. The Labute approximate surface area is 155 Å². The van der Waals surface area contributed by atoms with Crippen molar-refractivity contribution in [2.75, 3.05) is 0 Å². The second-order valence-corrected chi connectivity index (χ2v) is 6.49. The minimum Gasteiger partial charge on any atom is -0.439 e. The zero-order chi connectivity index (χ0) is 17.4. The first kappa shape index (κ1) is 16.3. The van der Waals surface area contributed by atoms with Crippen molar-refractivity contribution in [3.63, 3.8) is 0 Å². The van der Waals surface area contributed by atoms with E-state index in [0.717, 1.165) is 11.1 Å². The molecule has 3 nitrogen and oxygen atoms in total. The van der Waals surface area contributed by atoms with Gasteiger partial charge < -0.3 is 14.6 Å². The number of rotatable bonds is 3. The summed E-state index contributed by atoms with van der Waals surface area (Å²) in [5.41, 5.74) is 2.12. The topological polar surface area (TPSA) is 38.7 Å². The smallest absolute Gasteiger partial charge is 0.305 e. The molecule has 1 N–H and O–H groups in total. The molecule has 0 bridgehead atoms. The van der Waals surface area contributed by atoms with Gasteiger partial charge in [0.2, 0.25) is 0 Å². The summed E-state index contributed by atoms with van der Waals surface area (Å²) in [5, 5.41) is 10.1. The number of hydrogen-bond donors (Lipinski definition) is 1. The van der Waals surface area contributed by atoms with Crippen molar-refractivity contribution in [1.29, 1.82) is 0 Å². The molecule has 0 radical (unpaired) electrons. The predicted octanol–water partition coefficient (Wildman–Crippen LogP) is 5.16. The third-order valence-corrected chi connectivity index (χ3v) is 4.87. The molecule has 0 spiro atoms. The average molecular weight is 373 g/mol. The van der Waals surface area contributed by atoms with Crippen molar-refractivity contribution in [3.8, 4) is 11.5 Å². The van der Waals surface area contributed by atoms with E-state index in [4.69, 9.17) is 32.7 Å². The second-order valence-electron chi connectivity index (χ2n) is 5.70. The van der Waals surface area contributed by atoms with Gasteiger partial charge in [-0.05, 0) is 6.07 Å². The van der Waals surface area contributed by atoms with Crippen molar-refractivity contribution in [1.82, 2.24) is 0 Å². The van der Waals surface area contributed by atoms with Gasteiger partial charge in [-0.1, -0.05) is 83.9 Å². The lowest BCUT2D eigenvalue weighted by Crippen LogP contribution is -2.36. The molecule has 3 aromatic carbocycles. The Hall–Kier alpha value is -2.20. The maximum Gasteiger partial charge on any atom is 0.305 e. The van der Waals surface area contributed by atoms with Gasteiger partial charge in [0.1, 0.15) is 0 Å². The Morgan fingerprint density at radius 1 is 0.800 bits per heavy atom. The molecular formula is C20H14Cl2O3. The summed E-state index contributed by atoms with van der Waals surface area (Å²) >= 11 is 12.8. The molecule has 126 valence electrons. The average Bonchev–Trinajstić information content (AvgIpc) is 3.09. The molecule has 0 atom stereocenters. The number of aliphatic hydroxyl groups excluding tert-OH is 1. The maximum absolute atomic E-state index is 9.50. The van der Waals surface area contributed by atoms with Crippen LogP contribution in [0, 0.1) is 0 Å². The second kappa shape index (κ2) is 6.26. The van der Waals surface area contributed by atoms with E-state index in [1.54, 1.807) is 6.07 Å². The highest BCUT2D eigenvalue weighted by atomic mass is 35.5. The first-order chi connectivity index (χ1) is 12.2. The molecule has 25 heavy (non-hydrogen) atoms. The van der Waals surface area contributed by atoms with Crippen LogP contribution in [-0.2, 0) is 12.4 Å². The summed E-state index contributed by atoms with van der Waals surface area (Å²) in [4.78, 5) is 0. The molecule has 3 aromatic rings. The molecule has 5 heteroatoms. The van der Waals surface area contributed by atoms with Gasteiger partial charge >= 0.3 is 5.79 Å². The van der Waals surface area contributed by atoms with E-state index in [-0.39, 0.29) is 6.61 Å². The van der Waals surface area contributed by atoms with E-state index in [0.29, 0.717) is 27.1 Å². The van der Waals surface area contributed by atoms with Crippen LogP contribution < -0.4 is 9.47 Å². The van der Waals surface area contributed by atoms with E-state index in [1.807, 2.05) is 60.7 Å². The summed E-state index contributed by atoms with van der Waals surface area (Å²) < 4.78 is 12.5. The Morgan fingerprint density at radius 3 is 1.84 bits per heavy atom. The summed E-state index contributed by atoms with van der Waals surface area (Å²) in [6, 6.07) is 20.8. The number of aliphatic hydroxyl groups is 1. The molecule has 0 saturated heterocycles. The van der Waals surface area contributed by atoms with Crippen LogP contribution in [0.25, 0.3) is 0 Å². The van der Waals surface area contributed by atoms with Gasteiger partial charge in [-0.25, -0.2) is 0 Å². The molecule has 0 aromatic heterocycles. The van der Waals surface area contributed by atoms with Crippen molar-refractivity contribution in [3.05, 3.63) is 93.5 Å². The summed E-state index contributed by atoms with van der Waals surface area (Å²) in [6.45, 7) is -0.237. The largest absolute Gasteiger partial charge is 0.439 e. The quantitative estimate of drug-likeness (QED) is 0.690. The van der Waals surface area contributed by atoms with Crippen LogP contribution in [-0.4, -0.2) is 5.11 Å². The number of ether oxygens (including phenoxy) is 2. The Balaban J connectivity index is 1.94. The molecule has 0 aliphatic carbocycles. The van der Waals surface area contributed by atoms with Gasteiger partial charge in [0.05, 0.1) is 16.7 Å². The molecule has 0 fully saturated rings. The van der Waals surface area contributed by atoms with E-state index in [9.17, 15) is 5.11 Å². The zero-order valence-electron chi connectivity index (χ0n) is 13.1. The van der Waals surface area contributed by atoms with E-state index < -0.39 is 5.79 Å². The zero-order valence-corrected chi connectivity index (χ0v) is 14.6. The van der Waals surface area contributed by atoms with Crippen LogP contribution in [0.4, 0.5) is 0 Å². The number of halogens is 2. The van der Waals surface area contributed by atoms with Gasteiger partial charge in [-0.3, -0.25) is 0 Å². The third-order valence-electron chi connectivity index (χ3n) is 4.17. The van der Waals surface area contributed by atoms with Crippen molar-refractivity contribution < 1.29 is 14.6 Å². The minimum absolute atomic E-state index is 0.237. The van der Waals surface area contributed by atoms with E-state index >= 15 is 0 Å². The van der Waals surface area contributed by atoms with Crippen LogP contribution in [0.1, 0.15) is 16.7 Å². The van der Waals surface area contributed by atoms with Crippen molar-refractivity contribution in [2.24, 2.45) is 0 Å². The summed E-state index contributed by atoms with van der Waals surface area (Å²) in [5.74, 6) is -0.478. The molecule has 0 amide bonds. The Morgan fingerprint density at radius 2 is 1.32 bits per heavy atom. The molecular weight excluding hydrogens is 359 g/mol. The van der Waals surface area contributed by atoms with E-state index in [1.165, 1.54) is 0 Å². The first-order valence-corrected chi connectivity index (χ1v) is 8.52. The lowest BCUT2D eigenvalue weighted by Gasteiger charge is -2.28. The van der Waals surface area contributed by atoms with Crippen molar-refractivity contribution in [2.45, 2.75) is 12.4 Å². The Bertz CT molecular complexity index is 872. The third kappa shape index (κ3) is 2.56. The fourth-order valence-corrected chi connectivity index (χ4v) is 3.46. The molecule has 1 heterocycles. The van der Waals surface area contributed by atoms with Crippen molar-refractivity contribution >= 4 is 23.2 Å². The van der Waals surface area contributed by atoms with Gasteiger partial charge in [-0.2, -0.15) is 0 Å². The monoisotopic (exact) mass is 372 g/mol. The van der Waals surface area contributed by atoms with Gasteiger partial charge in [0.15, 0.2) is 11.5 Å². The molecule has 1 aliphatic heterocycles. The first-order valence-electron chi connectivity index (χ1n) is 7.76. The molecule has 4 rings (SSSR count). The SMILES string of the molecule is OCc1cc(Cl)c2c(c1Cl)OC(c1ccccc1)(c1ccccc1)O2. The molecule has 0 unspecified atom stereocenters. The lowest BCUT2D eigenvalue weighted by molar-refractivity contribution is -0.0458. The number of benzene rings is 3. The van der Waals surface area contributed by atoms with E-state index in [2.05, 4.69) is 0 Å². The number of fused-ring (bicyclic) bond motifs is 1. The highest BCUT2D eigenvalue weighted by Crippen LogP contribution is 2.54. The van der Waals surface area contributed by atoms with Gasteiger partial charge in [0.25, 0.3) is 0 Å². The highest BCUT2D eigenvalue weighted by Gasteiger charge is 2.47. The summed E-state index contributed by atoms with van der Waals surface area (Å²) in [7, 11) is 0. The van der Waals surface area contributed by atoms with Crippen LogP contribution >= 0.6 is 23.2 Å². The standard InChI is InChI=1S/C20H14Cl2O3/c21-16-11-13(12-23)17(22)19-18(16)24-20(25-19,14-7-3-1-4-8-14)15-9-5-2-6-10-15/h1-11,23H,12H2. The predicted molar refractivity (Wildman–Crippen MR) is 97.3 cm³/mol.